The number of hydrogen-bond donors (Lipinski definition) is 1. The van der Waals surface area contributed by atoms with E-state index in [-0.39, 0.29) is 12.8 Å². The molecule has 4 heteroatoms. The van der Waals surface area contributed by atoms with Crippen LogP contribution in [0.3, 0.4) is 0 Å². The van der Waals surface area contributed by atoms with Crippen LogP contribution in [0.2, 0.25) is 0 Å². The van der Waals surface area contributed by atoms with Gasteiger partial charge in [0.15, 0.2) is 5.60 Å². The molecule has 0 aromatic heterocycles. The molecule has 1 aliphatic rings. The van der Waals surface area contributed by atoms with E-state index in [1.807, 2.05) is 0 Å². The lowest BCUT2D eigenvalue weighted by molar-refractivity contribution is -0.279. The van der Waals surface area contributed by atoms with Gasteiger partial charge in [-0.2, -0.15) is 13.2 Å². The van der Waals surface area contributed by atoms with Crippen molar-refractivity contribution in [2.45, 2.75) is 51.3 Å². The van der Waals surface area contributed by atoms with E-state index in [1.54, 1.807) is 13.8 Å². The van der Waals surface area contributed by atoms with Crippen LogP contribution in [0.25, 0.3) is 0 Å². The van der Waals surface area contributed by atoms with Crippen molar-refractivity contribution in [1.82, 2.24) is 0 Å². The smallest absolute Gasteiger partial charge is 0.380 e. The molecule has 1 fully saturated rings. The number of alkyl halides is 3. The Bertz CT molecular complexity index is 198. The summed E-state index contributed by atoms with van der Waals surface area (Å²) in [5.74, 6) is 0. The third-order valence-electron chi connectivity index (χ3n) is 2.74. The Balaban J connectivity index is 2.81. The van der Waals surface area contributed by atoms with Crippen LogP contribution in [-0.4, -0.2) is 16.9 Å². The van der Waals surface area contributed by atoms with Gasteiger partial charge in [0.25, 0.3) is 0 Å². The first-order chi connectivity index (χ1) is 5.66. The van der Waals surface area contributed by atoms with Crippen LogP contribution >= 0.6 is 0 Å². The predicted octanol–water partition coefficient (Wildman–Crippen LogP) is 2.88. The monoisotopic (exact) mass is 196 g/mol. The number of halogens is 3. The molecule has 1 aliphatic carbocycles. The summed E-state index contributed by atoms with van der Waals surface area (Å²) in [6.07, 6.45) is -3.61. The Morgan fingerprint density at radius 1 is 1.15 bits per heavy atom. The van der Waals surface area contributed by atoms with Crippen molar-refractivity contribution < 1.29 is 18.3 Å². The second-order valence-electron chi connectivity index (χ2n) is 4.72. The first kappa shape index (κ1) is 10.8. The quantitative estimate of drug-likeness (QED) is 0.631. The van der Waals surface area contributed by atoms with Crippen molar-refractivity contribution in [2.24, 2.45) is 5.41 Å². The highest BCUT2D eigenvalue weighted by Gasteiger charge is 2.56. The highest BCUT2D eigenvalue weighted by molar-refractivity contribution is 4.95. The molecule has 0 radical (unpaired) electrons. The molecule has 0 amide bonds. The normalized spacial score (nSPS) is 34.6. The maximum absolute atomic E-state index is 12.4. The molecule has 0 aliphatic heterocycles. The fourth-order valence-electron chi connectivity index (χ4n) is 2.07. The van der Waals surface area contributed by atoms with E-state index in [9.17, 15) is 18.3 Å². The molecule has 78 valence electrons. The largest absolute Gasteiger partial charge is 0.417 e. The minimum atomic E-state index is -4.48. The molecule has 0 heterocycles. The molecule has 0 aromatic carbocycles. The van der Waals surface area contributed by atoms with Gasteiger partial charge in [-0.3, -0.25) is 0 Å². The zero-order valence-corrected chi connectivity index (χ0v) is 7.91. The highest BCUT2D eigenvalue weighted by Crippen LogP contribution is 2.48. The molecule has 1 nitrogen and oxygen atoms in total. The lowest BCUT2D eigenvalue weighted by Gasteiger charge is -2.42. The summed E-state index contributed by atoms with van der Waals surface area (Å²) < 4.78 is 37.3. The van der Waals surface area contributed by atoms with Gasteiger partial charge in [0.2, 0.25) is 0 Å². The van der Waals surface area contributed by atoms with Crippen LogP contribution < -0.4 is 0 Å². The van der Waals surface area contributed by atoms with Gasteiger partial charge in [-0.25, -0.2) is 0 Å². The van der Waals surface area contributed by atoms with Crippen LogP contribution in [0.15, 0.2) is 0 Å². The van der Waals surface area contributed by atoms with Gasteiger partial charge in [-0.05, 0) is 31.1 Å². The molecule has 1 saturated carbocycles. The Labute approximate surface area is 75.9 Å². The van der Waals surface area contributed by atoms with Gasteiger partial charge in [0.05, 0.1) is 0 Å². The van der Waals surface area contributed by atoms with Crippen LogP contribution in [0, 0.1) is 5.41 Å². The first-order valence-corrected chi connectivity index (χ1v) is 4.45. The molecular formula is C9H15F3O. The molecule has 13 heavy (non-hydrogen) atoms. The Morgan fingerprint density at radius 3 is 2.00 bits per heavy atom. The first-order valence-electron chi connectivity index (χ1n) is 4.45. The molecule has 0 saturated heterocycles. The standard InChI is InChI=1S/C9H15F3O/c1-7(2)4-3-5-8(13,6-7)9(10,11)12/h13H,3-6H2,1-2H3. The SMILES string of the molecule is CC1(C)CCCC(O)(C(F)(F)F)C1. The maximum Gasteiger partial charge on any atom is 0.417 e. The molecule has 1 rings (SSSR count). The van der Waals surface area contributed by atoms with Crippen LogP contribution in [0.5, 0.6) is 0 Å². The van der Waals surface area contributed by atoms with E-state index in [1.165, 1.54) is 0 Å². The summed E-state index contributed by atoms with van der Waals surface area (Å²) in [4.78, 5) is 0. The average molecular weight is 196 g/mol. The molecular weight excluding hydrogens is 181 g/mol. The van der Waals surface area contributed by atoms with Crippen LogP contribution in [0.1, 0.15) is 39.5 Å². The van der Waals surface area contributed by atoms with E-state index in [0.29, 0.717) is 6.42 Å². The topological polar surface area (TPSA) is 20.2 Å². The van der Waals surface area contributed by atoms with Gasteiger partial charge in [-0.1, -0.05) is 13.8 Å². The second-order valence-corrected chi connectivity index (χ2v) is 4.72. The Morgan fingerprint density at radius 2 is 1.69 bits per heavy atom. The van der Waals surface area contributed by atoms with Crippen molar-refractivity contribution in [2.75, 3.05) is 0 Å². The van der Waals surface area contributed by atoms with Gasteiger partial charge >= 0.3 is 6.18 Å². The minimum absolute atomic E-state index is 0.153. The fraction of sp³-hybridized carbons (Fsp3) is 1.00. The lowest BCUT2D eigenvalue weighted by atomic mass is 9.69. The van der Waals surface area contributed by atoms with Crippen molar-refractivity contribution in [3.05, 3.63) is 0 Å². The molecule has 1 unspecified atom stereocenters. The molecule has 0 aromatic rings. The van der Waals surface area contributed by atoms with Crippen molar-refractivity contribution in [1.29, 1.82) is 0 Å². The molecule has 0 bridgehead atoms. The second kappa shape index (κ2) is 2.87. The van der Waals surface area contributed by atoms with E-state index in [0.717, 1.165) is 6.42 Å². The van der Waals surface area contributed by atoms with Crippen LogP contribution in [0.4, 0.5) is 13.2 Å². The summed E-state index contributed by atoms with van der Waals surface area (Å²) >= 11 is 0. The summed E-state index contributed by atoms with van der Waals surface area (Å²) in [6, 6.07) is 0. The van der Waals surface area contributed by atoms with Gasteiger partial charge in [0.1, 0.15) is 0 Å². The van der Waals surface area contributed by atoms with E-state index >= 15 is 0 Å². The van der Waals surface area contributed by atoms with E-state index < -0.39 is 17.2 Å². The zero-order valence-electron chi connectivity index (χ0n) is 7.91. The minimum Gasteiger partial charge on any atom is -0.380 e. The number of aliphatic hydroxyl groups is 1. The highest BCUT2D eigenvalue weighted by atomic mass is 19.4. The Hall–Kier alpha value is -0.250. The van der Waals surface area contributed by atoms with Gasteiger partial charge in [-0.15, -0.1) is 0 Å². The van der Waals surface area contributed by atoms with Crippen LogP contribution in [-0.2, 0) is 0 Å². The third-order valence-corrected chi connectivity index (χ3v) is 2.74. The van der Waals surface area contributed by atoms with E-state index in [4.69, 9.17) is 0 Å². The fourth-order valence-corrected chi connectivity index (χ4v) is 2.07. The summed E-state index contributed by atoms with van der Waals surface area (Å²) in [6.45, 7) is 3.53. The zero-order chi connectivity index (χ0) is 10.3. The summed E-state index contributed by atoms with van der Waals surface area (Å²) in [5, 5.41) is 9.42. The summed E-state index contributed by atoms with van der Waals surface area (Å²) in [5.41, 5.74) is -2.85. The summed E-state index contributed by atoms with van der Waals surface area (Å²) in [7, 11) is 0. The number of rotatable bonds is 0. The third kappa shape index (κ3) is 2.16. The maximum atomic E-state index is 12.4. The lowest BCUT2D eigenvalue weighted by Crippen LogP contribution is -2.50. The predicted molar refractivity (Wildman–Crippen MR) is 43.3 cm³/mol. The van der Waals surface area contributed by atoms with Gasteiger partial charge < -0.3 is 5.11 Å². The molecule has 0 spiro atoms. The van der Waals surface area contributed by atoms with Gasteiger partial charge in [0, 0.05) is 0 Å². The van der Waals surface area contributed by atoms with Crippen molar-refractivity contribution >= 4 is 0 Å². The molecule has 1 atom stereocenters. The number of hydrogen-bond acceptors (Lipinski definition) is 1. The van der Waals surface area contributed by atoms with E-state index in [2.05, 4.69) is 0 Å². The average Bonchev–Trinajstić information content (AvgIpc) is 1.80. The molecule has 1 N–H and O–H groups in total. The van der Waals surface area contributed by atoms with Crippen molar-refractivity contribution in [3.63, 3.8) is 0 Å². The van der Waals surface area contributed by atoms with Crippen molar-refractivity contribution in [3.8, 4) is 0 Å². The Kier molecular flexibility index (Phi) is 2.39.